The molecule has 0 aliphatic heterocycles. The Morgan fingerprint density at radius 2 is 2.05 bits per heavy atom. The van der Waals surface area contributed by atoms with E-state index in [1.807, 2.05) is 0 Å². The van der Waals surface area contributed by atoms with Crippen molar-refractivity contribution in [3.05, 3.63) is 11.6 Å². The van der Waals surface area contributed by atoms with E-state index in [0.29, 0.717) is 17.8 Å². The predicted octanol–water partition coefficient (Wildman–Crippen LogP) is 1.61. The Morgan fingerprint density at radius 3 is 2.55 bits per heavy atom. The molecule has 20 heavy (non-hydrogen) atoms. The zero-order chi connectivity index (χ0) is 15.3. The summed E-state index contributed by atoms with van der Waals surface area (Å²) in [5.74, 6) is 2.09. The molecule has 1 aliphatic carbocycles. The number of nitrogens with one attached hydrogen (secondary N) is 1. The minimum atomic E-state index is 0.226. The maximum Gasteiger partial charge on any atom is 0.219 e. The van der Waals surface area contributed by atoms with Gasteiger partial charge >= 0.3 is 0 Å². The van der Waals surface area contributed by atoms with Crippen molar-refractivity contribution in [3.8, 4) is 0 Å². The second-order valence-electron chi connectivity index (χ2n) is 6.99. The second-order valence-corrected chi connectivity index (χ2v) is 6.99. The molecule has 1 rings (SSSR count). The Morgan fingerprint density at radius 1 is 1.40 bits per heavy atom. The molecule has 3 heteroatoms. The monoisotopic (exact) mass is 281 g/mol. The Labute approximate surface area is 125 Å². The number of quaternary nitrogens is 1. The molecule has 0 spiro atoms. The van der Waals surface area contributed by atoms with E-state index in [-0.39, 0.29) is 5.91 Å². The Balaban J connectivity index is 2.59. The van der Waals surface area contributed by atoms with Crippen LogP contribution >= 0.6 is 0 Å². The molecule has 0 saturated carbocycles. The van der Waals surface area contributed by atoms with Gasteiger partial charge in [0.05, 0.1) is 20.6 Å². The standard InChI is InChI=1S/C17H32N2O/c1-13-10-14(2)17(15(3)11-13)12-19(16(4)20)9-7-8-18(5)6/h10,14-15,17H,7-9,11-12H2,1-6H3/p+1/t14-,15+,17-/m0/s1. The van der Waals surface area contributed by atoms with E-state index >= 15 is 0 Å². The zero-order valence-electron chi connectivity index (χ0n) is 14.2. The van der Waals surface area contributed by atoms with Gasteiger partial charge in [-0.05, 0) is 31.1 Å². The maximum absolute atomic E-state index is 11.9. The van der Waals surface area contributed by atoms with E-state index in [1.165, 1.54) is 16.9 Å². The van der Waals surface area contributed by atoms with E-state index in [9.17, 15) is 4.79 Å². The van der Waals surface area contributed by atoms with Crippen molar-refractivity contribution in [2.75, 3.05) is 33.7 Å². The molecule has 1 amide bonds. The highest BCUT2D eigenvalue weighted by Crippen LogP contribution is 2.34. The van der Waals surface area contributed by atoms with Crippen molar-refractivity contribution in [1.82, 2.24) is 4.90 Å². The van der Waals surface area contributed by atoms with Crippen LogP contribution in [0.5, 0.6) is 0 Å². The van der Waals surface area contributed by atoms with Gasteiger partial charge in [-0.1, -0.05) is 25.5 Å². The number of hydrogen-bond donors (Lipinski definition) is 1. The summed E-state index contributed by atoms with van der Waals surface area (Å²) >= 11 is 0. The van der Waals surface area contributed by atoms with Crippen LogP contribution < -0.4 is 4.90 Å². The first kappa shape index (κ1) is 17.2. The number of carbonyl (C=O) groups is 1. The van der Waals surface area contributed by atoms with Crippen LogP contribution in [0.1, 0.15) is 40.5 Å². The summed E-state index contributed by atoms with van der Waals surface area (Å²) in [7, 11) is 4.33. The summed E-state index contributed by atoms with van der Waals surface area (Å²) in [5, 5.41) is 0. The summed E-state index contributed by atoms with van der Waals surface area (Å²) < 4.78 is 0. The highest BCUT2D eigenvalue weighted by Gasteiger charge is 2.29. The van der Waals surface area contributed by atoms with Crippen LogP contribution in [0.4, 0.5) is 0 Å². The smallest absolute Gasteiger partial charge is 0.219 e. The van der Waals surface area contributed by atoms with Gasteiger partial charge < -0.3 is 9.80 Å². The Bertz CT molecular complexity index is 349. The van der Waals surface area contributed by atoms with Gasteiger partial charge in [0.15, 0.2) is 0 Å². The van der Waals surface area contributed by atoms with Crippen LogP contribution in [0.2, 0.25) is 0 Å². The molecule has 0 saturated heterocycles. The van der Waals surface area contributed by atoms with Gasteiger partial charge in [0, 0.05) is 26.4 Å². The van der Waals surface area contributed by atoms with Crippen molar-refractivity contribution in [1.29, 1.82) is 0 Å². The van der Waals surface area contributed by atoms with Crippen molar-refractivity contribution in [2.24, 2.45) is 17.8 Å². The number of nitrogens with zero attached hydrogens (tertiary/aromatic N) is 1. The lowest BCUT2D eigenvalue weighted by molar-refractivity contribution is -0.858. The van der Waals surface area contributed by atoms with Gasteiger partial charge in [-0.2, -0.15) is 0 Å². The molecule has 0 aromatic carbocycles. The fourth-order valence-electron chi connectivity index (χ4n) is 3.42. The lowest BCUT2D eigenvalue weighted by atomic mass is 9.74. The third-order valence-corrected chi connectivity index (χ3v) is 4.58. The lowest BCUT2D eigenvalue weighted by Gasteiger charge is -2.36. The summed E-state index contributed by atoms with van der Waals surface area (Å²) in [6, 6.07) is 0. The topological polar surface area (TPSA) is 24.8 Å². The average Bonchev–Trinajstić information content (AvgIpc) is 2.30. The molecule has 0 fully saturated rings. The predicted molar refractivity (Wildman–Crippen MR) is 84.7 cm³/mol. The van der Waals surface area contributed by atoms with Gasteiger partial charge in [-0.25, -0.2) is 0 Å². The zero-order valence-corrected chi connectivity index (χ0v) is 14.2. The average molecular weight is 281 g/mol. The summed E-state index contributed by atoms with van der Waals surface area (Å²) in [5.41, 5.74) is 1.51. The van der Waals surface area contributed by atoms with Gasteiger partial charge in [0.2, 0.25) is 5.91 Å². The van der Waals surface area contributed by atoms with Gasteiger partial charge in [-0.15, -0.1) is 0 Å². The van der Waals surface area contributed by atoms with Crippen molar-refractivity contribution in [2.45, 2.75) is 40.5 Å². The fourth-order valence-corrected chi connectivity index (χ4v) is 3.42. The maximum atomic E-state index is 11.9. The minimum absolute atomic E-state index is 0.226. The molecule has 0 aromatic heterocycles. The molecular formula is C17H33N2O+. The summed E-state index contributed by atoms with van der Waals surface area (Å²) in [4.78, 5) is 15.4. The molecule has 0 unspecified atom stereocenters. The quantitative estimate of drug-likeness (QED) is 0.735. The molecule has 3 atom stereocenters. The molecule has 0 radical (unpaired) electrons. The molecule has 0 aromatic rings. The number of rotatable bonds is 6. The van der Waals surface area contributed by atoms with Crippen LogP contribution in [0.25, 0.3) is 0 Å². The Hall–Kier alpha value is -0.830. The largest absolute Gasteiger partial charge is 0.342 e. The summed E-state index contributed by atoms with van der Waals surface area (Å²) in [6.45, 7) is 11.5. The number of carbonyl (C=O) groups excluding carboxylic acids is 1. The molecule has 0 heterocycles. The molecule has 116 valence electrons. The van der Waals surface area contributed by atoms with Crippen LogP contribution in [-0.4, -0.2) is 44.5 Å². The van der Waals surface area contributed by atoms with Crippen LogP contribution in [0.15, 0.2) is 11.6 Å². The molecule has 3 nitrogen and oxygen atoms in total. The first-order valence-electron chi connectivity index (χ1n) is 8.03. The van der Waals surface area contributed by atoms with E-state index in [1.54, 1.807) is 6.92 Å². The highest BCUT2D eigenvalue weighted by molar-refractivity contribution is 5.73. The van der Waals surface area contributed by atoms with E-state index in [2.05, 4.69) is 45.8 Å². The van der Waals surface area contributed by atoms with Crippen molar-refractivity contribution < 1.29 is 9.69 Å². The normalized spacial score (nSPS) is 26.6. The number of amides is 1. The van der Waals surface area contributed by atoms with E-state index in [4.69, 9.17) is 0 Å². The minimum Gasteiger partial charge on any atom is -0.342 e. The van der Waals surface area contributed by atoms with Gasteiger partial charge in [0.25, 0.3) is 0 Å². The fraction of sp³-hybridized carbons (Fsp3) is 0.824. The third kappa shape index (κ3) is 5.28. The highest BCUT2D eigenvalue weighted by atomic mass is 16.2. The van der Waals surface area contributed by atoms with Crippen LogP contribution in [0.3, 0.4) is 0 Å². The van der Waals surface area contributed by atoms with Crippen molar-refractivity contribution in [3.63, 3.8) is 0 Å². The molecule has 1 aliphatic rings. The molecule has 1 N–H and O–H groups in total. The SMILES string of the molecule is CC(=O)N(CCC[NH+](C)C)C[C@@H]1[C@H](C)CC(C)=C[C@@H]1C. The summed E-state index contributed by atoms with van der Waals surface area (Å²) in [6.07, 6.45) is 4.67. The molecule has 0 bridgehead atoms. The first-order chi connectivity index (χ1) is 9.31. The first-order valence-corrected chi connectivity index (χ1v) is 8.03. The van der Waals surface area contributed by atoms with Crippen molar-refractivity contribution >= 4 is 5.91 Å². The van der Waals surface area contributed by atoms with Gasteiger partial charge in [-0.3, -0.25) is 4.79 Å². The van der Waals surface area contributed by atoms with Crippen LogP contribution in [-0.2, 0) is 4.79 Å². The van der Waals surface area contributed by atoms with Crippen LogP contribution in [0, 0.1) is 17.8 Å². The van der Waals surface area contributed by atoms with E-state index < -0.39 is 0 Å². The third-order valence-electron chi connectivity index (χ3n) is 4.58. The number of hydrogen-bond acceptors (Lipinski definition) is 1. The molecular weight excluding hydrogens is 248 g/mol. The Kier molecular flexibility index (Phi) is 6.74. The van der Waals surface area contributed by atoms with Gasteiger partial charge in [0.1, 0.15) is 0 Å². The number of allylic oxidation sites excluding steroid dienone is 2. The van der Waals surface area contributed by atoms with E-state index in [0.717, 1.165) is 26.1 Å². The second kappa shape index (κ2) is 7.82. The lowest BCUT2D eigenvalue weighted by Crippen LogP contribution is -3.05.